The predicted molar refractivity (Wildman–Crippen MR) is 115 cm³/mol. The molecule has 0 atom stereocenters. The third-order valence-electron chi connectivity index (χ3n) is 5.53. The van der Waals surface area contributed by atoms with Crippen LogP contribution in [0.2, 0.25) is 0 Å². The molecule has 0 unspecified atom stereocenters. The molecule has 3 aromatic rings. The smallest absolute Gasteiger partial charge is 0.238 e. The number of carbonyl (C=O) groups is 1. The Morgan fingerprint density at radius 3 is 2.36 bits per heavy atom. The lowest BCUT2D eigenvalue weighted by Crippen LogP contribution is -2.48. The Hall–Kier alpha value is -2.69. The van der Waals surface area contributed by atoms with Crippen LogP contribution in [0, 0.1) is 6.92 Å². The van der Waals surface area contributed by atoms with Gasteiger partial charge in [0, 0.05) is 38.4 Å². The Labute approximate surface area is 166 Å². The standard InChI is InChI=1S/C24H27N3O/c1-19-7-2-5-12-23(19)25-24(28)18-27-15-13-26(14-16-27)17-21-10-6-9-20-8-3-4-11-22(20)21/h2-12H,13-18H2,1H3,(H,25,28). The maximum absolute atomic E-state index is 12.4. The Bertz CT molecular complexity index is 955. The monoisotopic (exact) mass is 373 g/mol. The summed E-state index contributed by atoms with van der Waals surface area (Å²) in [5.41, 5.74) is 3.38. The van der Waals surface area contributed by atoms with Gasteiger partial charge in [0.05, 0.1) is 6.54 Å². The Kier molecular flexibility index (Phi) is 5.70. The number of fused-ring (bicyclic) bond motifs is 1. The summed E-state index contributed by atoms with van der Waals surface area (Å²) >= 11 is 0. The third-order valence-corrected chi connectivity index (χ3v) is 5.53. The predicted octanol–water partition coefficient (Wildman–Crippen LogP) is 3.90. The highest BCUT2D eigenvalue weighted by molar-refractivity contribution is 5.93. The van der Waals surface area contributed by atoms with E-state index in [1.54, 1.807) is 0 Å². The van der Waals surface area contributed by atoms with Gasteiger partial charge in [0.1, 0.15) is 0 Å². The Morgan fingerprint density at radius 1 is 0.857 bits per heavy atom. The zero-order chi connectivity index (χ0) is 19.3. The summed E-state index contributed by atoms with van der Waals surface area (Å²) < 4.78 is 0. The molecule has 1 N–H and O–H groups in total. The van der Waals surface area contributed by atoms with E-state index in [4.69, 9.17) is 0 Å². The van der Waals surface area contributed by atoms with Crippen molar-refractivity contribution in [1.82, 2.24) is 9.80 Å². The molecule has 4 nitrogen and oxygen atoms in total. The second-order valence-electron chi connectivity index (χ2n) is 7.55. The number of piperazine rings is 1. The average molecular weight is 374 g/mol. The first kappa shape index (κ1) is 18.7. The van der Waals surface area contributed by atoms with Crippen LogP contribution in [0.25, 0.3) is 10.8 Å². The minimum atomic E-state index is 0.0665. The van der Waals surface area contributed by atoms with Crippen LogP contribution >= 0.6 is 0 Å². The molecule has 0 saturated carbocycles. The van der Waals surface area contributed by atoms with Gasteiger partial charge in [0.25, 0.3) is 0 Å². The summed E-state index contributed by atoms with van der Waals surface area (Å²) in [6.07, 6.45) is 0. The topological polar surface area (TPSA) is 35.6 Å². The van der Waals surface area contributed by atoms with Gasteiger partial charge in [-0.1, -0.05) is 60.7 Å². The second-order valence-corrected chi connectivity index (χ2v) is 7.55. The van der Waals surface area contributed by atoms with Gasteiger partial charge >= 0.3 is 0 Å². The van der Waals surface area contributed by atoms with Crippen LogP contribution in [0.4, 0.5) is 5.69 Å². The molecule has 0 bridgehead atoms. The summed E-state index contributed by atoms with van der Waals surface area (Å²) in [4.78, 5) is 17.1. The fourth-order valence-corrected chi connectivity index (χ4v) is 3.88. The summed E-state index contributed by atoms with van der Waals surface area (Å²) in [6.45, 7) is 7.25. The van der Waals surface area contributed by atoms with Gasteiger partial charge in [-0.2, -0.15) is 0 Å². The van der Waals surface area contributed by atoms with Crippen molar-refractivity contribution in [2.75, 3.05) is 38.0 Å². The SMILES string of the molecule is Cc1ccccc1NC(=O)CN1CCN(Cc2cccc3ccccc23)CC1. The number of hydrogen-bond donors (Lipinski definition) is 1. The minimum Gasteiger partial charge on any atom is -0.325 e. The fourth-order valence-electron chi connectivity index (χ4n) is 3.88. The number of rotatable bonds is 5. The molecule has 0 aromatic heterocycles. The summed E-state index contributed by atoms with van der Waals surface area (Å²) in [5.74, 6) is 0.0665. The van der Waals surface area contributed by atoms with Crippen molar-refractivity contribution in [3.8, 4) is 0 Å². The van der Waals surface area contributed by atoms with Crippen molar-refractivity contribution in [2.24, 2.45) is 0 Å². The number of para-hydroxylation sites is 1. The van der Waals surface area contributed by atoms with Gasteiger partial charge in [-0.25, -0.2) is 0 Å². The highest BCUT2D eigenvalue weighted by Gasteiger charge is 2.19. The first-order valence-electron chi connectivity index (χ1n) is 9.96. The van der Waals surface area contributed by atoms with Gasteiger partial charge in [-0.15, -0.1) is 0 Å². The molecule has 1 fully saturated rings. The number of aryl methyl sites for hydroxylation is 1. The molecule has 4 rings (SSSR count). The first-order valence-corrected chi connectivity index (χ1v) is 9.96. The Morgan fingerprint density at radius 2 is 1.54 bits per heavy atom. The van der Waals surface area contributed by atoms with Crippen LogP contribution in [0.3, 0.4) is 0 Å². The molecular weight excluding hydrogens is 346 g/mol. The molecule has 1 amide bonds. The number of benzene rings is 3. The molecule has 1 aliphatic heterocycles. The lowest BCUT2D eigenvalue weighted by atomic mass is 10.0. The quantitative estimate of drug-likeness (QED) is 0.737. The van der Waals surface area contributed by atoms with Gasteiger partial charge in [-0.05, 0) is 34.9 Å². The lowest BCUT2D eigenvalue weighted by molar-refractivity contribution is -0.117. The molecule has 0 spiro atoms. The highest BCUT2D eigenvalue weighted by atomic mass is 16.2. The van der Waals surface area contributed by atoms with E-state index in [1.165, 1.54) is 16.3 Å². The molecule has 144 valence electrons. The molecule has 3 aromatic carbocycles. The van der Waals surface area contributed by atoms with Gasteiger partial charge in [0.2, 0.25) is 5.91 Å². The van der Waals surface area contributed by atoms with Crippen molar-refractivity contribution < 1.29 is 4.79 Å². The van der Waals surface area contributed by atoms with E-state index in [9.17, 15) is 4.79 Å². The van der Waals surface area contributed by atoms with E-state index in [1.807, 2.05) is 31.2 Å². The van der Waals surface area contributed by atoms with Gasteiger partial charge in [-0.3, -0.25) is 14.6 Å². The van der Waals surface area contributed by atoms with Crippen molar-refractivity contribution in [2.45, 2.75) is 13.5 Å². The molecule has 1 saturated heterocycles. The normalized spacial score (nSPS) is 15.6. The van der Waals surface area contributed by atoms with Gasteiger partial charge in [0.15, 0.2) is 0 Å². The van der Waals surface area contributed by atoms with Crippen LogP contribution in [0.5, 0.6) is 0 Å². The fraction of sp³-hybridized carbons (Fsp3) is 0.292. The first-order chi connectivity index (χ1) is 13.7. The zero-order valence-electron chi connectivity index (χ0n) is 16.4. The summed E-state index contributed by atoms with van der Waals surface area (Å²) in [6, 6.07) is 23.0. The number of amides is 1. The Balaban J connectivity index is 1.30. The number of anilines is 1. The zero-order valence-corrected chi connectivity index (χ0v) is 16.4. The van der Waals surface area contributed by atoms with Crippen LogP contribution < -0.4 is 5.32 Å². The molecule has 1 aliphatic rings. The molecular formula is C24H27N3O. The largest absolute Gasteiger partial charge is 0.325 e. The van der Waals surface area contributed by atoms with E-state index in [2.05, 4.69) is 57.6 Å². The van der Waals surface area contributed by atoms with E-state index in [0.717, 1.165) is 44.0 Å². The molecule has 28 heavy (non-hydrogen) atoms. The minimum absolute atomic E-state index is 0.0665. The third kappa shape index (κ3) is 4.41. The molecule has 0 radical (unpaired) electrons. The van der Waals surface area contributed by atoms with Crippen molar-refractivity contribution in [3.05, 3.63) is 77.9 Å². The van der Waals surface area contributed by atoms with E-state index in [-0.39, 0.29) is 5.91 Å². The van der Waals surface area contributed by atoms with E-state index >= 15 is 0 Å². The summed E-state index contributed by atoms with van der Waals surface area (Å²) in [7, 11) is 0. The van der Waals surface area contributed by atoms with Crippen molar-refractivity contribution in [3.63, 3.8) is 0 Å². The summed E-state index contributed by atoms with van der Waals surface area (Å²) in [5, 5.41) is 5.67. The van der Waals surface area contributed by atoms with E-state index < -0.39 is 0 Å². The van der Waals surface area contributed by atoms with Crippen molar-refractivity contribution in [1.29, 1.82) is 0 Å². The maximum atomic E-state index is 12.4. The van der Waals surface area contributed by atoms with E-state index in [0.29, 0.717) is 6.54 Å². The van der Waals surface area contributed by atoms with Crippen LogP contribution in [-0.2, 0) is 11.3 Å². The van der Waals surface area contributed by atoms with Gasteiger partial charge < -0.3 is 5.32 Å². The molecule has 0 aliphatic carbocycles. The molecule has 4 heteroatoms. The van der Waals surface area contributed by atoms with Crippen LogP contribution in [-0.4, -0.2) is 48.4 Å². The molecule has 1 heterocycles. The number of nitrogens with one attached hydrogen (secondary N) is 1. The van der Waals surface area contributed by atoms with Crippen LogP contribution in [0.15, 0.2) is 66.7 Å². The lowest BCUT2D eigenvalue weighted by Gasteiger charge is -2.34. The number of hydrogen-bond acceptors (Lipinski definition) is 3. The number of nitrogens with zero attached hydrogens (tertiary/aromatic N) is 2. The highest BCUT2D eigenvalue weighted by Crippen LogP contribution is 2.20. The number of carbonyl (C=O) groups excluding carboxylic acids is 1. The maximum Gasteiger partial charge on any atom is 0.238 e. The average Bonchev–Trinajstić information content (AvgIpc) is 2.71. The van der Waals surface area contributed by atoms with Crippen molar-refractivity contribution >= 4 is 22.4 Å². The van der Waals surface area contributed by atoms with Crippen LogP contribution in [0.1, 0.15) is 11.1 Å². The second kappa shape index (κ2) is 8.55.